The number of carbonyl (C=O) groups excluding carboxylic acids is 2. The van der Waals surface area contributed by atoms with Gasteiger partial charge in [0.2, 0.25) is 12.3 Å². The van der Waals surface area contributed by atoms with Crippen LogP contribution in [-0.2, 0) is 9.59 Å². The van der Waals surface area contributed by atoms with E-state index in [1.165, 1.54) is 0 Å². The highest BCUT2D eigenvalue weighted by Crippen LogP contribution is 2.27. The zero-order chi connectivity index (χ0) is 13.5. The third kappa shape index (κ3) is 7.74. The van der Waals surface area contributed by atoms with Gasteiger partial charge in [-0.2, -0.15) is 0 Å². The van der Waals surface area contributed by atoms with Crippen LogP contribution in [0, 0.1) is 11.3 Å². The molecular weight excluding hydrogens is 220 g/mol. The van der Waals surface area contributed by atoms with Gasteiger partial charge in [0, 0.05) is 19.5 Å². The van der Waals surface area contributed by atoms with Crippen LogP contribution in [-0.4, -0.2) is 37.1 Å². The Morgan fingerprint density at radius 1 is 1.41 bits per heavy atom. The number of hydrogen-bond donors (Lipinski definition) is 3. The average molecular weight is 244 g/mol. The summed E-state index contributed by atoms with van der Waals surface area (Å²) in [4.78, 5) is 21.8. The minimum absolute atomic E-state index is 0.0228. The molecule has 2 atom stereocenters. The van der Waals surface area contributed by atoms with E-state index < -0.39 is 6.10 Å². The van der Waals surface area contributed by atoms with Crippen molar-refractivity contribution < 1.29 is 14.7 Å². The summed E-state index contributed by atoms with van der Waals surface area (Å²) in [5.41, 5.74) is 0.0228. The lowest BCUT2D eigenvalue weighted by atomic mass is 9.82. The van der Waals surface area contributed by atoms with Crippen LogP contribution in [0.4, 0.5) is 0 Å². The van der Waals surface area contributed by atoms with E-state index in [1.807, 2.05) is 0 Å². The molecule has 0 aromatic carbocycles. The van der Waals surface area contributed by atoms with Crippen LogP contribution in [0.25, 0.3) is 0 Å². The highest BCUT2D eigenvalue weighted by atomic mass is 16.3. The Hall–Kier alpha value is -1.10. The molecular formula is C12H24N2O3. The quantitative estimate of drug-likeness (QED) is 0.563. The summed E-state index contributed by atoms with van der Waals surface area (Å²) in [6, 6.07) is 0. The minimum Gasteiger partial charge on any atom is -0.391 e. The van der Waals surface area contributed by atoms with E-state index in [0.717, 1.165) is 0 Å². The summed E-state index contributed by atoms with van der Waals surface area (Å²) in [6.45, 7) is 6.35. The van der Waals surface area contributed by atoms with E-state index >= 15 is 0 Å². The fraction of sp³-hybridized carbons (Fsp3) is 0.833. The van der Waals surface area contributed by atoms with Gasteiger partial charge in [-0.05, 0) is 18.3 Å². The molecule has 0 saturated carbocycles. The Morgan fingerprint density at radius 2 is 2.00 bits per heavy atom. The van der Waals surface area contributed by atoms with E-state index in [2.05, 4.69) is 31.4 Å². The maximum Gasteiger partial charge on any atom is 0.222 e. The highest BCUT2D eigenvalue weighted by Gasteiger charge is 2.26. The molecule has 0 aromatic rings. The maximum absolute atomic E-state index is 11.7. The number of hydrogen-bond acceptors (Lipinski definition) is 3. The number of aliphatic hydroxyl groups excluding tert-OH is 1. The zero-order valence-electron chi connectivity index (χ0n) is 11.1. The second-order valence-corrected chi connectivity index (χ2v) is 5.49. The second-order valence-electron chi connectivity index (χ2n) is 5.49. The van der Waals surface area contributed by atoms with Crippen LogP contribution < -0.4 is 10.6 Å². The number of rotatable bonds is 7. The van der Waals surface area contributed by atoms with Crippen molar-refractivity contribution in [2.75, 3.05) is 13.6 Å². The topological polar surface area (TPSA) is 78.4 Å². The lowest BCUT2D eigenvalue weighted by Crippen LogP contribution is -2.35. The SMILES string of the molecule is CNC(=O)C(CC(O)CNC=O)CC(C)(C)C. The summed E-state index contributed by atoms with van der Waals surface area (Å²) in [5, 5.41) is 14.7. The third-order valence-corrected chi connectivity index (χ3v) is 2.47. The van der Waals surface area contributed by atoms with Crippen LogP contribution in [0.3, 0.4) is 0 Å². The van der Waals surface area contributed by atoms with Gasteiger partial charge in [-0.25, -0.2) is 0 Å². The van der Waals surface area contributed by atoms with Gasteiger partial charge < -0.3 is 15.7 Å². The molecule has 0 radical (unpaired) electrons. The van der Waals surface area contributed by atoms with E-state index in [0.29, 0.717) is 19.3 Å². The van der Waals surface area contributed by atoms with Crippen molar-refractivity contribution in [3.05, 3.63) is 0 Å². The normalized spacial score (nSPS) is 14.9. The third-order valence-electron chi connectivity index (χ3n) is 2.47. The summed E-state index contributed by atoms with van der Waals surface area (Å²) in [7, 11) is 1.59. The van der Waals surface area contributed by atoms with Gasteiger partial charge in [0.25, 0.3) is 0 Å². The van der Waals surface area contributed by atoms with Crippen molar-refractivity contribution in [1.29, 1.82) is 0 Å². The Bertz CT molecular complexity index is 249. The van der Waals surface area contributed by atoms with Crippen molar-refractivity contribution in [3.8, 4) is 0 Å². The van der Waals surface area contributed by atoms with Gasteiger partial charge in [0.05, 0.1) is 6.10 Å². The Balaban J connectivity index is 4.38. The first-order valence-electron chi connectivity index (χ1n) is 5.87. The molecule has 0 rings (SSSR count). The zero-order valence-corrected chi connectivity index (χ0v) is 11.1. The van der Waals surface area contributed by atoms with Gasteiger partial charge in [-0.3, -0.25) is 9.59 Å². The molecule has 0 aromatic heterocycles. The molecule has 0 aliphatic carbocycles. The van der Waals surface area contributed by atoms with Crippen molar-refractivity contribution in [2.24, 2.45) is 11.3 Å². The summed E-state index contributed by atoms with van der Waals surface area (Å²) in [6.07, 6.45) is 0.912. The van der Waals surface area contributed by atoms with Crippen LogP contribution in [0.2, 0.25) is 0 Å². The first-order valence-corrected chi connectivity index (χ1v) is 5.87. The molecule has 0 saturated heterocycles. The van der Waals surface area contributed by atoms with E-state index in [1.54, 1.807) is 7.05 Å². The molecule has 3 N–H and O–H groups in total. The Labute approximate surface area is 103 Å². The molecule has 0 bridgehead atoms. The molecule has 100 valence electrons. The van der Waals surface area contributed by atoms with Crippen LogP contribution in [0.1, 0.15) is 33.6 Å². The summed E-state index contributed by atoms with van der Waals surface area (Å²) >= 11 is 0. The van der Waals surface area contributed by atoms with Crippen LogP contribution in [0.5, 0.6) is 0 Å². The van der Waals surface area contributed by atoms with Crippen LogP contribution >= 0.6 is 0 Å². The monoisotopic (exact) mass is 244 g/mol. The van der Waals surface area contributed by atoms with Gasteiger partial charge in [-0.1, -0.05) is 20.8 Å². The predicted molar refractivity (Wildman–Crippen MR) is 66.3 cm³/mol. The molecule has 5 nitrogen and oxygen atoms in total. The number of amides is 2. The van der Waals surface area contributed by atoms with E-state index in [9.17, 15) is 14.7 Å². The maximum atomic E-state index is 11.7. The number of aliphatic hydroxyl groups is 1. The second kappa shape index (κ2) is 7.27. The summed E-state index contributed by atoms with van der Waals surface area (Å²) < 4.78 is 0. The molecule has 0 aliphatic heterocycles. The van der Waals surface area contributed by atoms with Crippen molar-refractivity contribution in [2.45, 2.75) is 39.7 Å². The number of carbonyl (C=O) groups is 2. The molecule has 0 spiro atoms. The fourth-order valence-corrected chi connectivity index (χ4v) is 1.82. The highest BCUT2D eigenvalue weighted by molar-refractivity contribution is 5.78. The standard InChI is InChI=1S/C12H24N2O3/c1-12(2,3)6-9(11(17)13-4)5-10(16)7-14-8-15/h8-10,16H,5-7H2,1-4H3,(H,13,17)(H,14,15). The molecule has 5 heteroatoms. The molecule has 0 aliphatic rings. The van der Waals surface area contributed by atoms with Crippen molar-refractivity contribution in [1.82, 2.24) is 10.6 Å². The largest absolute Gasteiger partial charge is 0.391 e. The average Bonchev–Trinajstić information content (AvgIpc) is 2.22. The fourth-order valence-electron chi connectivity index (χ4n) is 1.82. The molecule has 17 heavy (non-hydrogen) atoms. The lowest BCUT2D eigenvalue weighted by molar-refractivity contribution is -0.126. The molecule has 0 heterocycles. The first kappa shape index (κ1) is 15.9. The van der Waals surface area contributed by atoms with E-state index in [4.69, 9.17) is 0 Å². The van der Waals surface area contributed by atoms with Gasteiger partial charge in [0.1, 0.15) is 0 Å². The summed E-state index contributed by atoms with van der Waals surface area (Å²) in [5.74, 6) is -0.298. The predicted octanol–water partition coefficient (Wildman–Crippen LogP) is 0.282. The Morgan fingerprint density at radius 3 is 2.41 bits per heavy atom. The van der Waals surface area contributed by atoms with Crippen molar-refractivity contribution >= 4 is 12.3 Å². The number of nitrogens with one attached hydrogen (secondary N) is 2. The minimum atomic E-state index is -0.690. The smallest absolute Gasteiger partial charge is 0.222 e. The first-order chi connectivity index (χ1) is 7.80. The Kier molecular flexibility index (Phi) is 6.80. The van der Waals surface area contributed by atoms with Gasteiger partial charge in [-0.15, -0.1) is 0 Å². The van der Waals surface area contributed by atoms with Gasteiger partial charge >= 0.3 is 0 Å². The molecule has 2 unspecified atom stereocenters. The van der Waals surface area contributed by atoms with Crippen LogP contribution in [0.15, 0.2) is 0 Å². The van der Waals surface area contributed by atoms with Crippen molar-refractivity contribution in [3.63, 3.8) is 0 Å². The van der Waals surface area contributed by atoms with Gasteiger partial charge in [0.15, 0.2) is 0 Å². The lowest BCUT2D eigenvalue weighted by Gasteiger charge is -2.26. The van der Waals surface area contributed by atoms with E-state index in [-0.39, 0.29) is 23.8 Å². The molecule has 2 amide bonds. The molecule has 0 fully saturated rings.